The van der Waals surface area contributed by atoms with Gasteiger partial charge >= 0.3 is 0 Å². The number of nitrogens with zero attached hydrogens (tertiary/aromatic N) is 1. The Balaban J connectivity index is 5.47. The van der Waals surface area contributed by atoms with E-state index >= 15 is 0 Å². The first-order chi connectivity index (χ1) is 9.42. The summed E-state index contributed by atoms with van der Waals surface area (Å²) < 4.78 is 12.9. The summed E-state index contributed by atoms with van der Waals surface area (Å²) in [6.07, 6.45) is 12.0. The summed E-state index contributed by atoms with van der Waals surface area (Å²) in [5.41, 5.74) is 3.49. The van der Waals surface area contributed by atoms with Gasteiger partial charge in [-0.1, -0.05) is 44.0 Å². The number of hydrogen-bond donors (Lipinski definition) is 0. The molecule has 0 N–H and O–H groups in total. The highest BCUT2D eigenvalue weighted by Gasteiger charge is 1.97. The molecular formula is C18H22FN. The molecule has 0 rings (SSSR count). The molecule has 0 aromatic rings. The Bertz CT molecular complexity index is 526. The molecule has 0 aliphatic carbocycles. The first kappa shape index (κ1) is 17.8. The molecular weight excluding hydrogens is 249 g/mol. The minimum Gasteiger partial charge on any atom is -0.265 e. The van der Waals surface area contributed by atoms with Crippen LogP contribution in [0.2, 0.25) is 0 Å². The molecule has 0 saturated heterocycles. The molecule has 0 aromatic carbocycles. The predicted octanol–water partition coefficient (Wildman–Crippen LogP) is 5.64. The second-order valence-corrected chi connectivity index (χ2v) is 4.26. The van der Waals surface area contributed by atoms with Crippen molar-refractivity contribution in [1.82, 2.24) is 0 Å². The van der Waals surface area contributed by atoms with E-state index in [2.05, 4.69) is 24.7 Å². The van der Waals surface area contributed by atoms with Gasteiger partial charge in [0.15, 0.2) is 0 Å². The van der Waals surface area contributed by atoms with E-state index < -0.39 is 5.83 Å². The maximum atomic E-state index is 12.9. The van der Waals surface area contributed by atoms with Gasteiger partial charge < -0.3 is 0 Å². The molecule has 2 heteroatoms. The van der Waals surface area contributed by atoms with Crippen LogP contribution in [0.15, 0.2) is 89.4 Å². The SMILES string of the molecule is C=C\N=C/C(=C/C=C(\C)C(=CC(=C)F)/C=C\C)C(=C)C. The van der Waals surface area contributed by atoms with Crippen LogP contribution in [-0.2, 0) is 0 Å². The van der Waals surface area contributed by atoms with Crippen molar-refractivity contribution in [3.8, 4) is 0 Å². The van der Waals surface area contributed by atoms with Crippen LogP contribution >= 0.6 is 0 Å². The Hall–Kier alpha value is -2.22. The minimum absolute atomic E-state index is 0.469. The van der Waals surface area contributed by atoms with Crippen LogP contribution in [-0.4, -0.2) is 6.21 Å². The van der Waals surface area contributed by atoms with Gasteiger partial charge in [-0.2, -0.15) is 0 Å². The van der Waals surface area contributed by atoms with Crippen LogP contribution in [0.25, 0.3) is 0 Å². The van der Waals surface area contributed by atoms with E-state index in [0.29, 0.717) is 0 Å². The lowest BCUT2D eigenvalue weighted by Gasteiger charge is -2.02. The van der Waals surface area contributed by atoms with E-state index in [4.69, 9.17) is 0 Å². The lowest BCUT2D eigenvalue weighted by Crippen LogP contribution is -1.87. The van der Waals surface area contributed by atoms with Gasteiger partial charge in [-0.25, -0.2) is 4.39 Å². The maximum absolute atomic E-state index is 12.9. The largest absolute Gasteiger partial charge is 0.265 e. The van der Waals surface area contributed by atoms with Gasteiger partial charge in [-0.05, 0) is 49.1 Å². The normalized spacial score (nSPS) is 14.1. The molecule has 0 fully saturated rings. The van der Waals surface area contributed by atoms with Crippen LogP contribution in [0.3, 0.4) is 0 Å². The molecule has 0 aromatic heterocycles. The van der Waals surface area contributed by atoms with E-state index in [1.54, 1.807) is 6.21 Å². The molecule has 0 saturated carbocycles. The van der Waals surface area contributed by atoms with Crippen LogP contribution in [0.1, 0.15) is 20.8 Å². The molecule has 0 heterocycles. The van der Waals surface area contributed by atoms with E-state index in [1.165, 1.54) is 12.3 Å². The summed E-state index contributed by atoms with van der Waals surface area (Å²) in [5, 5.41) is 0. The number of rotatable bonds is 7. The quantitative estimate of drug-likeness (QED) is 0.420. The molecule has 20 heavy (non-hydrogen) atoms. The number of aliphatic imine (C=N–C) groups is 1. The van der Waals surface area contributed by atoms with Gasteiger partial charge in [0.1, 0.15) is 5.83 Å². The van der Waals surface area contributed by atoms with Crippen LogP contribution < -0.4 is 0 Å². The Kier molecular flexibility index (Phi) is 8.60. The molecule has 0 amide bonds. The van der Waals surface area contributed by atoms with E-state index in [0.717, 1.165) is 22.3 Å². The Morgan fingerprint density at radius 2 is 1.75 bits per heavy atom. The van der Waals surface area contributed by atoms with Gasteiger partial charge in [0.05, 0.1) is 0 Å². The fourth-order valence-electron chi connectivity index (χ4n) is 1.38. The second kappa shape index (κ2) is 9.68. The zero-order chi connectivity index (χ0) is 15.5. The van der Waals surface area contributed by atoms with Crippen molar-refractivity contribution in [3.05, 3.63) is 84.4 Å². The fraction of sp³-hybridized carbons (Fsp3) is 0.167. The molecule has 0 atom stereocenters. The number of halogens is 1. The third kappa shape index (κ3) is 7.27. The second-order valence-electron chi connectivity index (χ2n) is 4.26. The maximum Gasteiger partial charge on any atom is 0.116 e. The van der Waals surface area contributed by atoms with Gasteiger partial charge in [0.2, 0.25) is 0 Å². The van der Waals surface area contributed by atoms with E-state index in [-0.39, 0.29) is 0 Å². The molecule has 0 radical (unpaired) electrons. The highest BCUT2D eigenvalue weighted by atomic mass is 19.1. The standard InChI is InChI=1S/C18H22FN/c1-7-9-17(12-16(6)19)15(5)10-11-18(14(3)4)13-20-8-2/h7-13H,2-3,6H2,1,4-5H3/b9-7-,15-10+,17-12?,18-11-,20-13-. The topological polar surface area (TPSA) is 12.4 Å². The molecule has 106 valence electrons. The highest BCUT2D eigenvalue weighted by Crippen LogP contribution is 2.15. The van der Waals surface area contributed by atoms with Crippen molar-refractivity contribution < 1.29 is 4.39 Å². The highest BCUT2D eigenvalue weighted by molar-refractivity contribution is 5.85. The summed E-state index contributed by atoms with van der Waals surface area (Å²) in [5.74, 6) is -0.469. The monoisotopic (exact) mass is 271 g/mol. The van der Waals surface area contributed by atoms with Crippen LogP contribution in [0.5, 0.6) is 0 Å². The first-order valence-electron chi connectivity index (χ1n) is 6.30. The first-order valence-corrected chi connectivity index (χ1v) is 6.30. The van der Waals surface area contributed by atoms with Crippen molar-refractivity contribution in [2.24, 2.45) is 4.99 Å². The fourth-order valence-corrected chi connectivity index (χ4v) is 1.38. The summed E-state index contributed by atoms with van der Waals surface area (Å²) in [4.78, 5) is 3.98. The van der Waals surface area contributed by atoms with Crippen molar-refractivity contribution >= 4 is 6.21 Å². The smallest absolute Gasteiger partial charge is 0.116 e. The summed E-state index contributed by atoms with van der Waals surface area (Å²) in [6.45, 7) is 16.4. The zero-order valence-electron chi connectivity index (χ0n) is 12.5. The van der Waals surface area contributed by atoms with Gasteiger partial charge in [0.25, 0.3) is 0 Å². The minimum atomic E-state index is -0.469. The Morgan fingerprint density at radius 1 is 1.10 bits per heavy atom. The number of allylic oxidation sites excluding steroid dienone is 10. The molecule has 1 nitrogen and oxygen atoms in total. The molecule has 0 unspecified atom stereocenters. The molecule has 0 aliphatic heterocycles. The van der Waals surface area contributed by atoms with Crippen molar-refractivity contribution in [3.63, 3.8) is 0 Å². The molecule has 0 aliphatic rings. The molecule has 0 bridgehead atoms. The summed E-state index contributed by atoms with van der Waals surface area (Å²) in [6, 6.07) is 0. The Labute approximate surface area is 121 Å². The Morgan fingerprint density at radius 3 is 2.20 bits per heavy atom. The number of hydrogen-bond acceptors (Lipinski definition) is 1. The van der Waals surface area contributed by atoms with E-state index in [1.807, 2.05) is 45.1 Å². The van der Waals surface area contributed by atoms with Gasteiger partial charge in [-0.3, -0.25) is 4.99 Å². The lowest BCUT2D eigenvalue weighted by molar-refractivity contribution is 0.670. The van der Waals surface area contributed by atoms with Gasteiger partial charge in [0, 0.05) is 12.4 Å². The van der Waals surface area contributed by atoms with Gasteiger partial charge in [-0.15, -0.1) is 0 Å². The third-order valence-electron chi connectivity index (χ3n) is 2.44. The predicted molar refractivity (Wildman–Crippen MR) is 88.5 cm³/mol. The summed E-state index contributed by atoms with van der Waals surface area (Å²) >= 11 is 0. The zero-order valence-corrected chi connectivity index (χ0v) is 12.5. The average Bonchev–Trinajstić information content (AvgIpc) is 2.37. The van der Waals surface area contributed by atoms with Crippen molar-refractivity contribution in [2.75, 3.05) is 0 Å². The van der Waals surface area contributed by atoms with Crippen molar-refractivity contribution in [1.29, 1.82) is 0 Å². The van der Waals surface area contributed by atoms with Crippen LogP contribution in [0, 0.1) is 0 Å². The molecule has 0 spiro atoms. The van der Waals surface area contributed by atoms with Crippen molar-refractivity contribution in [2.45, 2.75) is 20.8 Å². The van der Waals surface area contributed by atoms with E-state index in [9.17, 15) is 4.39 Å². The lowest BCUT2D eigenvalue weighted by atomic mass is 10.0. The average molecular weight is 271 g/mol. The third-order valence-corrected chi connectivity index (χ3v) is 2.44. The van der Waals surface area contributed by atoms with Crippen LogP contribution in [0.4, 0.5) is 4.39 Å². The summed E-state index contributed by atoms with van der Waals surface area (Å²) in [7, 11) is 0.